The first-order chi connectivity index (χ1) is 8.19. The van der Waals surface area contributed by atoms with Crippen LogP contribution in [0, 0.1) is 5.92 Å². The van der Waals surface area contributed by atoms with Crippen molar-refractivity contribution in [2.75, 3.05) is 6.61 Å². The summed E-state index contributed by atoms with van der Waals surface area (Å²) in [5.74, 6) is 0.518. The highest BCUT2D eigenvalue weighted by Gasteiger charge is 2.52. The molecule has 1 saturated carbocycles. The second kappa shape index (κ2) is 3.22. The van der Waals surface area contributed by atoms with Crippen LogP contribution >= 0.6 is 0 Å². The Labute approximate surface area is 103 Å². The van der Waals surface area contributed by atoms with E-state index in [2.05, 4.69) is 5.10 Å². The van der Waals surface area contributed by atoms with E-state index >= 15 is 0 Å². The number of hydrogen-bond donors (Lipinski definition) is 0. The smallest absolute Gasteiger partial charge is 0.438 e. The minimum atomic E-state index is -4.46. The Kier molecular flexibility index (Phi) is 2.12. The summed E-state index contributed by atoms with van der Waals surface area (Å²) in [6.45, 7) is 5.95. The number of aromatic nitrogens is 2. The van der Waals surface area contributed by atoms with Gasteiger partial charge in [-0.1, -0.05) is 0 Å². The van der Waals surface area contributed by atoms with Gasteiger partial charge in [0.2, 0.25) is 5.69 Å². The van der Waals surface area contributed by atoms with Crippen molar-refractivity contribution in [3.8, 4) is 5.75 Å². The first kappa shape index (κ1) is 11.9. The van der Waals surface area contributed by atoms with E-state index in [9.17, 15) is 13.2 Å². The lowest BCUT2D eigenvalue weighted by atomic mass is 10.1. The first-order valence-corrected chi connectivity index (χ1v) is 6.03. The number of hydrogen-bond acceptors (Lipinski definition) is 2. The highest BCUT2D eigenvalue weighted by molar-refractivity contribution is 5.43. The largest absolute Gasteiger partial charge is 0.489 e. The third kappa shape index (κ3) is 1.61. The molecule has 0 amide bonds. The van der Waals surface area contributed by atoms with Gasteiger partial charge in [-0.2, -0.15) is 18.3 Å². The van der Waals surface area contributed by atoms with Crippen LogP contribution in [-0.4, -0.2) is 16.4 Å². The molecule has 0 bridgehead atoms. The molecule has 1 aromatic heterocycles. The number of ether oxygens (including phenoxy) is 1. The molecule has 1 fully saturated rings. The Balaban J connectivity index is 2.20. The van der Waals surface area contributed by atoms with Gasteiger partial charge in [-0.05, 0) is 27.2 Å². The van der Waals surface area contributed by atoms with Crippen LogP contribution in [-0.2, 0) is 11.7 Å². The molecule has 0 radical (unpaired) electrons. The van der Waals surface area contributed by atoms with E-state index in [1.807, 2.05) is 20.8 Å². The Morgan fingerprint density at radius 3 is 2.50 bits per heavy atom. The lowest BCUT2D eigenvalue weighted by molar-refractivity contribution is -0.143. The molecule has 1 aromatic rings. The Hall–Kier alpha value is -1.20. The maximum atomic E-state index is 13.0. The van der Waals surface area contributed by atoms with Gasteiger partial charge in [0.05, 0.1) is 17.8 Å². The van der Waals surface area contributed by atoms with Crippen LogP contribution in [0.4, 0.5) is 13.2 Å². The van der Waals surface area contributed by atoms with Crippen LogP contribution in [0.2, 0.25) is 0 Å². The maximum Gasteiger partial charge on any atom is 0.438 e. The first-order valence-electron chi connectivity index (χ1n) is 6.03. The highest BCUT2D eigenvalue weighted by Crippen LogP contribution is 2.56. The fraction of sp³-hybridized carbons (Fsp3) is 0.750. The molecule has 2 atom stereocenters. The van der Waals surface area contributed by atoms with Crippen molar-refractivity contribution in [1.82, 2.24) is 9.78 Å². The third-order valence-corrected chi connectivity index (χ3v) is 3.50. The van der Waals surface area contributed by atoms with Crippen molar-refractivity contribution in [1.29, 1.82) is 0 Å². The van der Waals surface area contributed by atoms with Crippen LogP contribution in [0.25, 0.3) is 0 Å². The van der Waals surface area contributed by atoms with Crippen molar-refractivity contribution < 1.29 is 17.9 Å². The molecular weight excluding hydrogens is 245 g/mol. The van der Waals surface area contributed by atoms with Gasteiger partial charge in [-0.15, -0.1) is 0 Å². The lowest BCUT2D eigenvalue weighted by Crippen LogP contribution is -2.26. The molecule has 0 saturated heterocycles. The summed E-state index contributed by atoms with van der Waals surface area (Å²) >= 11 is 0. The fourth-order valence-electron chi connectivity index (χ4n) is 2.54. The molecule has 3 nitrogen and oxygen atoms in total. The van der Waals surface area contributed by atoms with Gasteiger partial charge in [0.15, 0.2) is 5.75 Å². The summed E-state index contributed by atoms with van der Waals surface area (Å²) in [6, 6.07) is 0. The number of halogens is 3. The standard InChI is InChI=1S/C12H15F3N2O/c1-11(2,3)17-8-7-4-6(7)5-18-9(8)10(16-17)12(13,14)15/h6-7H,4-5H2,1-3H3. The van der Waals surface area contributed by atoms with Crippen LogP contribution in [0.3, 0.4) is 0 Å². The molecule has 6 heteroatoms. The van der Waals surface area contributed by atoms with E-state index in [1.54, 1.807) is 0 Å². The summed E-state index contributed by atoms with van der Waals surface area (Å²) < 4.78 is 45.7. The van der Waals surface area contributed by atoms with Crippen LogP contribution in [0.15, 0.2) is 0 Å². The average Bonchev–Trinajstić information content (AvgIpc) is 2.86. The molecule has 100 valence electrons. The summed E-state index contributed by atoms with van der Waals surface area (Å²) in [5, 5.41) is 3.78. The van der Waals surface area contributed by atoms with Gasteiger partial charge in [-0.3, -0.25) is 4.68 Å². The Morgan fingerprint density at radius 2 is 1.94 bits per heavy atom. The summed E-state index contributed by atoms with van der Waals surface area (Å²) in [5.41, 5.74) is -0.717. The molecule has 3 rings (SSSR count). The van der Waals surface area contributed by atoms with Crippen molar-refractivity contribution >= 4 is 0 Å². The lowest BCUT2D eigenvalue weighted by Gasteiger charge is -2.24. The summed E-state index contributed by atoms with van der Waals surface area (Å²) in [7, 11) is 0. The van der Waals surface area contributed by atoms with E-state index in [-0.39, 0.29) is 11.7 Å². The number of fused-ring (bicyclic) bond motifs is 3. The molecule has 0 N–H and O–H groups in total. The zero-order valence-corrected chi connectivity index (χ0v) is 10.5. The number of nitrogens with zero attached hydrogens (tertiary/aromatic N) is 2. The minimum absolute atomic E-state index is 0.0452. The van der Waals surface area contributed by atoms with Crippen molar-refractivity contribution in [3.05, 3.63) is 11.4 Å². The van der Waals surface area contributed by atoms with Gasteiger partial charge in [-0.25, -0.2) is 0 Å². The summed E-state index contributed by atoms with van der Waals surface area (Å²) in [6.07, 6.45) is -3.55. The molecule has 2 unspecified atom stereocenters. The maximum absolute atomic E-state index is 13.0. The Morgan fingerprint density at radius 1 is 1.28 bits per heavy atom. The van der Waals surface area contributed by atoms with E-state index in [4.69, 9.17) is 4.74 Å². The van der Waals surface area contributed by atoms with Crippen LogP contribution < -0.4 is 4.74 Å². The monoisotopic (exact) mass is 260 g/mol. The van der Waals surface area contributed by atoms with Crippen molar-refractivity contribution in [3.63, 3.8) is 0 Å². The number of alkyl halides is 3. The van der Waals surface area contributed by atoms with Gasteiger partial charge < -0.3 is 4.74 Å². The second-order valence-electron chi connectivity index (χ2n) is 6.06. The van der Waals surface area contributed by atoms with Gasteiger partial charge in [0.25, 0.3) is 0 Å². The van der Waals surface area contributed by atoms with Crippen LogP contribution in [0.1, 0.15) is 44.5 Å². The molecular formula is C12H15F3N2O. The topological polar surface area (TPSA) is 27.1 Å². The number of rotatable bonds is 0. The minimum Gasteiger partial charge on any atom is -0.489 e. The average molecular weight is 260 g/mol. The fourth-order valence-corrected chi connectivity index (χ4v) is 2.54. The van der Waals surface area contributed by atoms with E-state index in [0.717, 1.165) is 6.42 Å². The molecule has 2 aliphatic rings. The molecule has 0 spiro atoms. The van der Waals surface area contributed by atoms with Crippen molar-refractivity contribution in [2.24, 2.45) is 5.92 Å². The summed E-state index contributed by atoms with van der Waals surface area (Å²) in [4.78, 5) is 0. The molecule has 0 aromatic carbocycles. The quantitative estimate of drug-likeness (QED) is 0.716. The normalized spacial score (nSPS) is 26.3. The second-order valence-corrected chi connectivity index (χ2v) is 6.06. The van der Waals surface area contributed by atoms with Crippen LogP contribution in [0.5, 0.6) is 5.75 Å². The predicted octanol–water partition coefficient (Wildman–Crippen LogP) is 3.15. The van der Waals surface area contributed by atoms with E-state index < -0.39 is 17.4 Å². The molecule has 2 heterocycles. The molecule has 1 aliphatic heterocycles. The van der Waals surface area contributed by atoms with Gasteiger partial charge in [0.1, 0.15) is 0 Å². The Bertz CT molecular complexity index is 499. The SMILES string of the molecule is CC(C)(C)n1nc(C(F)(F)F)c2c1C1CC1CO2. The third-order valence-electron chi connectivity index (χ3n) is 3.50. The highest BCUT2D eigenvalue weighted by atomic mass is 19.4. The van der Waals surface area contributed by atoms with Gasteiger partial charge >= 0.3 is 6.18 Å². The predicted molar refractivity (Wildman–Crippen MR) is 58.6 cm³/mol. The molecule has 1 aliphatic carbocycles. The van der Waals surface area contributed by atoms with Crippen molar-refractivity contribution in [2.45, 2.75) is 44.8 Å². The zero-order valence-electron chi connectivity index (χ0n) is 10.5. The molecule has 18 heavy (non-hydrogen) atoms. The van der Waals surface area contributed by atoms with E-state index in [1.165, 1.54) is 4.68 Å². The van der Waals surface area contributed by atoms with Gasteiger partial charge in [0, 0.05) is 11.8 Å². The zero-order chi connectivity index (χ0) is 13.3. The van der Waals surface area contributed by atoms with E-state index in [0.29, 0.717) is 18.2 Å².